The van der Waals surface area contributed by atoms with Gasteiger partial charge in [-0.2, -0.15) is 5.10 Å². The van der Waals surface area contributed by atoms with Crippen molar-refractivity contribution in [2.75, 3.05) is 20.3 Å². The zero-order chi connectivity index (χ0) is 15.5. The molecule has 1 saturated heterocycles. The number of rotatable bonds is 3. The molecule has 1 fully saturated rings. The SMILES string of the molecule is COC(=O)c1ccc(-c2cnn(C3CCOCC3)c2)cc1O. The third kappa shape index (κ3) is 2.82. The van der Waals surface area contributed by atoms with Gasteiger partial charge in [-0.1, -0.05) is 6.07 Å². The molecule has 0 atom stereocenters. The van der Waals surface area contributed by atoms with Gasteiger partial charge < -0.3 is 14.6 Å². The molecule has 0 amide bonds. The van der Waals surface area contributed by atoms with E-state index >= 15 is 0 Å². The van der Waals surface area contributed by atoms with Gasteiger partial charge >= 0.3 is 5.97 Å². The molecule has 0 unspecified atom stereocenters. The van der Waals surface area contributed by atoms with Crippen LogP contribution in [0.4, 0.5) is 0 Å². The van der Waals surface area contributed by atoms with Gasteiger partial charge in [-0.15, -0.1) is 0 Å². The van der Waals surface area contributed by atoms with Crippen molar-refractivity contribution in [2.45, 2.75) is 18.9 Å². The number of nitrogens with zero attached hydrogens (tertiary/aromatic N) is 2. The lowest BCUT2D eigenvalue weighted by Crippen LogP contribution is -2.19. The second kappa shape index (κ2) is 6.19. The lowest BCUT2D eigenvalue weighted by molar-refractivity contribution is 0.0597. The van der Waals surface area contributed by atoms with Crippen LogP contribution in [0.15, 0.2) is 30.6 Å². The third-order valence-corrected chi connectivity index (χ3v) is 3.90. The van der Waals surface area contributed by atoms with Crippen LogP contribution < -0.4 is 0 Å². The van der Waals surface area contributed by atoms with Gasteiger partial charge in [-0.05, 0) is 30.5 Å². The Morgan fingerprint density at radius 1 is 1.36 bits per heavy atom. The summed E-state index contributed by atoms with van der Waals surface area (Å²) >= 11 is 0. The van der Waals surface area contributed by atoms with E-state index in [1.807, 2.05) is 10.9 Å². The van der Waals surface area contributed by atoms with Crippen LogP contribution >= 0.6 is 0 Å². The highest BCUT2D eigenvalue weighted by atomic mass is 16.5. The molecule has 1 N–H and O–H groups in total. The van der Waals surface area contributed by atoms with E-state index in [0.29, 0.717) is 6.04 Å². The number of phenols is 1. The highest BCUT2D eigenvalue weighted by Gasteiger charge is 2.17. The largest absolute Gasteiger partial charge is 0.507 e. The van der Waals surface area contributed by atoms with E-state index in [-0.39, 0.29) is 11.3 Å². The molecule has 116 valence electrons. The molecule has 1 aromatic carbocycles. The van der Waals surface area contributed by atoms with Crippen LogP contribution in [-0.4, -0.2) is 41.2 Å². The van der Waals surface area contributed by atoms with Gasteiger partial charge in [-0.3, -0.25) is 4.68 Å². The van der Waals surface area contributed by atoms with E-state index in [1.54, 1.807) is 24.4 Å². The van der Waals surface area contributed by atoms with Crippen molar-refractivity contribution in [3.63, 3.8) is 0 Å². The summed E-state index contributed by atoms with van der Waals surface area (Å²) in [6.07, 6.45) is 5.63. The molecule has 2 heterocycles. The van der Waals surface area contributed by atoms with Gasteiger partial charge in [0.15, 0.2) is 0 Å². The molecule has 0 radical (unpaired) electrons. The zero-order valence-electron chi connectivity index (χ0n) is 12.4. The van der Waals surface area contributed by atoms with Crippen LogP contribution in [-0.2, 0) is 9.47 Å². The molecular weight excluding hydrogens is 284 g/mol. The number of ether oxygens (including phenoxy) is 2. The number of carbonyl (C=O) groups is 1. The summed E-state index contributed by atoms with van der Waals surface area (Å²) in [5.41, 5.74) is 1.87. The summed E-state index contributed by atoms with van der Waals surface area (Å²) in [6, 6.07) is 5.24. The molecule has 0 aliphatic carbocycles. The van der Waals surface area contributed by atoms with Crippen molar-refractivity contribution in [2.24, 2.45) is 0 Å². The van der Waals surface area contributed by atoms with Gasteiger partial charge in [0.1, 0.15) is 11.3 Å². The lowest BCUT2D eigenvalue weighted by Gasteiger charge is -2.22. The van der Waals surface area contributed by atoms with Crippen molar-refractivity contribution in [3.05, 3.63) is 36.2 Å². The summed E-state index contributed by atoms with van der Waals surface area (Å²) in [5, 5.41) is 14.4. The predicted octanol–water partition coefficient (Wildman–Crippen LogP) is 2.39. The fourth-order valence-electron chi connectivity index (χ4n) is 2.63. The van der Waals surface area contributed by atoms with E-state index in [9.17, 15) is 9.90 Å². The Bertz CT molecular complexity index is 675. The molecule has 6 nitrogen and oxygen atoms in total. The molecule has 1 aliphatic rings. The average molecular weight is 302 g/mol. The number of aromatic nitrogens is 2. The standard InChI is InChI=1S/C16H18N2O4/c1-21-16(20)14-3-2-11(8-15(14)19)12-9-17-18(10-12)13-4-6-22-7-5-13/h2-3,8-10,13,19H,4-7H2,1H3. The van der Waals surface area contributed by atoms with Crippen molar-refractivity contribution < 1.29 is 19.4 Å². The molecular formula is C16H18N2O4. The van der Waals surface area contributed by atoms with Crippen LogP contribution in [0, 0.1) is 0 Å². The first-order chi connectivity index (χ1) is 10.7. The highest BCUT2D eigenvalue weighted by molar-refractivity contribution is 5.93. The topological polar surface area (TPSA) is 73.6 Å². The molecule has 0 saturated carbocycles. The van der Waals surface area contributed by atoms with Gasteiger partial charge in [0.2, 0.25) is 0 Å². The van der Waals surface area contributed by atoms with E-state index in [2.05, 4.69) is 9.84 Å². The highest BCUT2D eigenvalue weighted by Crippen LogP contribution is 2.28. The summed E-state index contributed by atoms with van der Waals surface area (Å²) < 4.78 is 11.9. The number of methoxy groups -OCH3 is 1. The van der Waals surface area contributed by atoms with Crippen LogP contribution in [0.25, 0.3) is 11.1 Å². The van der Waals surface area contributed by atoms with Crippen LogP contribution in [0.1, 0.15) is 29.2 Å². The molecule has 6 heteroatoms. The normalized spacial score (nSPS) is 15.7. The maximum Gasteiger partial charge on any atom is 0.341 e. The van der Waals surface area contributed by atoms with Gasteiger partial charge in [0.05, 0.1) is 19.3 Å². The Balaban J connectivity index is 1.84. The zero-order valence-corrected chi connectivity index (χ0v) is 12.4. The third-order valence-electron chi connectivity index (χ3n) is 3.90. The molecule has 1 aliphatic heterocycles. The van der Waals surface area contributed by atoms with E-state index < -0.39 is 5.97 Å². The fraction of sp³-hybridized carbons (Fsp3) is 0.375. The molecule has 1 aromatic heterocycles. The Hall–Kier alpha value is -2.34. The number of phenolic OH excluding ortho intramolecular Hbond substituents is 1. The minimum absolute atomic E-state index is 0.0943. The lowest BCUT2D eigenvalue weighted by atomic mass is 10.1. The number of hydrogen-bond donors (Lipinski definition) is 1. The first-order valence-electron chi connectivity index (χ1n) is 7.22. The van der Waals surface area contributed by atoms with E-state index in [1.165, 1.54) is 7.11 Å². The Morgan fingerprint density at radius 2 is 2.14 bits per heavy atom. The fourth-order valence-corrected chi connectivity index (χ4v) is 2.63. The molecule has 2 aromatic rings. The summed E-state index contributed by atoms with van der Waals surface area (Å²) in [6.45, 7) is 1.52. The number of carbonyl (C=O) groups excluding carboxylic acids is 1. The predicted molar refractivity (Wildman–Crippen MR) is 79.8 cm³/mol. The number of benzene rings is 1. The monoisotopic (exact) mass is 302 g/mol. The summed E-state index contributed by atoms with van der Waals surface area (Å²) in [4.78, 5) is 11.5. The van der Waals surface area contributed by atoms with Crippen LogP contribution in [0.3, 0.4) is 0 Å². The second-order valence-electron chi connectivity index (χ2n) is 5.28. The number of aromatic hydroxyl groups is 1. The minimum atomic E-state index is -0.554. The molecule has 0 spiro atoms. The Morgan fingerprint density at radius 3 is 2.82 bits per heavy atom. The molecule has 0 bridgehead atoms. The first kappa shape index (κ1) is 14.6. The summed E-state index contributed by atoms with van der Waals surface area (Å²) in [7, 11) is 1.29. The van der Waals surface area contributed by atoms with Crippen LogP contribution in [0.5, 0.6) is 5.75 Å². The maximum absolute atomic E-state index is 11.5. The van der Waals surface area contributed by atoms with E-state index in [0.717, 1.165) is 37.2 Å². The number of hydrogen-bond acceptors (Lipinski definition) is 5. The Labute approximate surface area is 128 Å². The van der Waals surface area contributed by atoms with E-state index in [4.69, 9.17) is 4.74 Å². The smallest absolute Gasteiger partial charge is 0.341 e. The van der Waals surface area contributed by atoms with Crippen molar-refractivity contribution in [3.8, 4) is 16.9 Å². The van der Waals surface area contributed by atoms with Gasteiger partial charge in [-0.25, -0.2) is 4.79 Å². The van der Waals surface area contributed by atoms with Crippen molar-refractivity contribution >= 4 is 5.97 Å². The van der Waals surface area contributed by atoms with Crippen molar-refractivity contribution in [1.82, 2.24) is 9.78 Å². The molecule has 22 heavy (non-hydrogen) atoms. The van der Waals surface area contributed by atoms with Gasteiger partial charge in [0, 0.05) is 25.0 Å². The second-order valence-corrected chi connectivity index (χ2v) is 5.28. The van der Waals surface area contributed by atoms with Crippen LogP contribution in [0.2, 0.25) is 0 Å². The first-order valence-corrected chi connectivity index (χ1v) is 7.22. The molecule has 3 rings (SSSR count). The van der Waals surface area contributed by atoms with Crippen molar-refractivity contribution in [1.29, 1.82) is 0 Å². The summed E-state index contributed by atoms with van der Waals surface area (Å²) in [5.74, 6) is -0.648. The maximum atomic E-state index is 11.5. The Kier molecular flexibility index (Phi) is 4.11. The minimum Gasteiger partial charge on any atom is -0.507 e. The van der Waals surface area contributed by atoms with Gasteiger partial charge in [0.25, 0.3) is 0 Å². The average Bonchev–Trinajstić information content (AvgIpc) is 3.05. The number of esters is 1. The quantitative estimate of drug-likeness (QED) is 0.881.